The highest BCUT2D eigenvalue weighted by Gasteiger charge is 2.22. The van der Waals surface area contributed by atoms with Crippen LogP contribution in [0.25, 0.3) is 0 Å². The Hall–Kier alpha value is -1.39. The molecule has 2 atom stereocenters. The van der Waals surface area contributed by atoms with Crippen molar-refractivity contribution in [1.29, 1.82) is 0 Å². The Morgan fingerprint density at radius 3 is 2.83 bits per heavy atom. The molecule has 0 saturated carbocycles. The number of hydrogen-bond donors (Lipinski definition) is 2. The minimum atomic E-state index is -1.17. The summed E-state index contributed by atoms with van der Waals surface area (Å²) >= 11 is 0. The zero-order valence-electron chi connectivity index (χ0n) is 10.4. The van der Waals surface area contributed by atoms with Crippen molar-refractivity contribution in [2.24, 2.45) is 0 Å². The lowest BCUT2D eigenvalue weighted by Crippen LogP contribution is -2.92. The lowest BCUT2D eigenvalue weighted by atomic mass is 10.1. The van der Waals surface area contributed by atoms with Crippen LogP contribution < -0.4 is 5.32 Å². The molecule has 3 N–H and O–H groups in total. The summed E-state index contributed by atoms with van der Waals surface area (Å²) in [5.74, 6) is -0.555. The highest BCUT2D eigenvalue weighted by Crippen LogP contribution is 2.14. The summed E-state index contributed by atoms with van der Waals surface area (Å²) in [6.45, 7) is 1.49. The van der Waals surface area contributed by atoms with E-state index in [-0.39, 0.29) is 0 Å². The number of hydrogen-bond acceptors (Lipinski definition) is 3. The monoisotopic (exact) mass is 250 g/mol. The van der Waals surface area contributed by atoms with Gasteiger partial charge < -0.3 is 15.2 Å². The third-order valence-corrected chi connectivity index (χ3v) is 3.31. The Labute approximate surface area is 107 Å². The second kappa shape index (κ2) is 6.52. The van der Waals surface area contributed by atoms with E-state index in [2.05, 4.69) is 5.32 Å². The predicted molar refractivity (Wildman–Crippen MR) is 66.8 cm³/mol. The van der Waals surface area contributed by atoms with Crippen LogP contribution in [0.3, 0.4) is 0 Å². The molecule has 1 fully saturated rings. The van der Waals surface area contributed by atoms with Crippen LogP contribution in [0.2, 0.25) is 0 Å². The van der Waals surface area contributed by atoms with Gasteiger partial charge in [0.1, 0.15) is 12.6 Å². The quantitative estimate of drug-likeness (QED) is 0.759. The Bertz CT molecular complexity index is 374. The van der Waals surface area contributed by atoms with Crippen molar-refractivity contribution in [3.8, 4) is 0 Å². The first-order valence-electron chi connectivity index (χ1n) is 6.50. The van der Waals surface area contributed by atoms with E-state index >= 15 is 0 Å². The lowest BCUT2D eigenvalue weighted by molar-refractivity contribution is -0.698. The van der Waals surface area contributed by atoms with Crippen molar-refractivity contribution in [3.05, 3.63) is 35.9 Å². The maximum Gasteiger partial charge on any atom is 0.339 e. The van der Waals surface area contributed by atoms with Crippen molar-refractivity contribution in [2.75, 3.05) is 13.2 Å². The number of carbonyl (C=O) groups excluding carboxylic acids is 1. The maximum absolute atomic E-state index is 11.7. The molecule has 4 heteroatoms. The van der Waals surface area contributed by atoms with Gasteiger partial charge >= 0.3 is 5.97 Å². The van der Waals surface area contributed by atoms with E-state index in [4.69, 9.17) is 4.74 Å². The molecule has 0 aliphatic carbocycles. The first-order chi connectivity index (χ1) is 8.77. The van der Waals surface area contributed by atoms with E-state index in [1.165, 1.54) is 12.8 Å². The van der Waals surface area contributed by atoms with Crippen LogP contribution in [0.15, 0.2) is 30.3 Å². The topological polar surface area (TPSA) is 63.1 Å². The zero-order valence-corrected chi connectivity index (χ0v) is 10.4. The van der Waals surface area contributed by atoms with Crippen molar-refractivity contribution in [1.82, 2.24) is 0 Å². The van der Waals surface area contributed by atoms with E-state index in [1.54, 1.807) is 24.3 Å². The molecule has 98 valence electrons. The van der Waals surface area contributed by atoms with Gasteiger partial charge in [-0.1, -0.05) is 30.3 Å². The molecule has 1 aliphatic heterocycles. The molecular weight excluding hydrogens is 230 g/mol. The smallest absolute Gasteiger partial charge is 0.339 e. The van der Waals surface area contributed by atoms with Crippen LogP contribution in [0.5, 0.6) is 0 Å². The highest BCUT2D eigenvalue weighted by molar-refractivity contribution is 5.76. The van der Waals surface area contributed by atoms with Crippen molar-refractivity contribution >= 4 is 5.97 Å². The Balaban J connectivity index is 1.80. The number of ether oxygens (including phenoxy) is 1. The van der Waals surface area contributed by atoms with E-state index in [0.717, 1.165) is 13.0 Å². The number of carbonyl (C=O) groups is 1. The molecule has 0 unspecified atom stereocenters. The summed E-state index contributed by atoms with van der Waals surface area (Å²) in [7, 11) is 0. The highest BCUT2D eigenvalue weighted by atomic mass is 16.5. The summed E-state index contributed by atoms with van der Waals surface area (Å²) in [5.41, 5.74) is 0.579. The first-order valence-corrected chi connectivity index (χ1v) is 6.50. The third kappa shape index (κ3) is 3.55. The molecule has 0 amide bonds. The minimum Gasteiger partial charge on any atom is -0.457 e. The average Bonchev–Trinajstić information content (AvgIpc) is 2.46. The van der Waals surface area contributed by atoms with E-state index in [1.807, 2.05) is 6.07 Å². The van der Waals surface area contributed by atoms with Gasteiger partial charge in [0.2, 0.25) is 0 Å². The van der Waals surface area contributed by atoms with Gasteiger partial charge in [-0.2, -0.15) is 0 Å². The summed E-state index contributed by atoms with van der Waals surface area (Å²) < 4.78 is 5.18. The molecule has 0 bridgehead atoms. The fourth-order valence-electron chi connectivity index (χ4n) is 2.21. The van der Waals surface area contributed by atoms with E-state index in [9.17, 15) is 9.90 Å². The number of aliphatic hydroxyl groups is 1. The van der Waals surface area contributed by atoms with Crippen LogP contribution in [0.1, 0.15) is 30.9 Å². The normalized spacial score (nSPS) is 21.3. The van der Waals surface area contributed by atoms with Gasteiger partial charge in [0, 0.05) is 6.42 Å². The SMILES string of the molecule is O=C(OC[C@H]1CCCC[NH2+]1)[C@H](O)c1ccccc1. The molecule has 1 aliphatic rings. The molecule has 18 heavy (non-hydrogen) atoms. The fourth-order valence-corrected chi connectivity index (χ4v) is 2.21. The van der Waals surface area contributed by atoms with Gasteiger partial charge in [0.05, 0.1) is 6.54 Å². The molecule has 2 rings (SSSR count). The predicted octanol–water partition coefficient (Wildman–Crippen LogP) is 0.379. The number of quaternary nitrogens is 1. The summed E-state index contributed by atoms with van der Waals surface area (Å²) in [6.07, 6.45) is 2.33. The molecule has 0 aromatic heterocycles. The van der Waals surface area contributed by atoms with E-state index < -0.39 is 12.1 Å². The number of piperidine rings is 1. The second-order valence-corrected chi connectivity index (χ2v) is 4.72. The first kappa shape index (κ1) is 13.1. The number of aliphatic hydroxyl groups excluding tert-OH is 1. The van der Waals surface area contributed by atoms with Crippen LogP contribution in [-0.2, 0) is 9.53 Å². The van der Waals surface area contributed by atoms with Crippen molar-refractivity contribution in [2.45, 2.75) is 31.4 Å². The summed E-state index contributed by atoms with van der Waals surface area (Å²) in [4.78, 5) is 11.7. The van der Waals surface area contributed by atoms with Gasteiger partial charge in [0.25, 0.3) is 0 Å². The second-order valence-electron chi connectivity index (χ2n) is 4.72. The van der Waals surface area contributed by atoms with Gasteiger partial charge in [-0.05, 0) is 18.4 Å². The molecule has 0 radical (unpaired) electrons. The molecular formula is C14H20NO3+. The summed E-state index contributed by atoms with van der Waals surface area (Å²) in [5, 5.41) is 12.0. The minimum absolute atomic E-state index is 0.352. The molecule has 1 aromatic rings. The van der Waals surface area contributed by atoms with Crippen LogP contribution in [0, 0.1) is 0 Å². The van der Waals surface area contributed by atoms with Crippen molar-refractivity contribution < 1.29 is 20.0 Å². The molecule has 4 nitrogen and oxygen atoms in total. The Morgan fingerprint density at radius 1 is 1.39 bits per heavy atom. The standard InChI is InChI=1S/C14H19NO3/c16-13(11-6-2-1-3-7-11)14(17)18-10-12-8-4-5-9-15-12/h1-3,6-7,12-13,15-16H,4-5,8-10H2/p+1/t12-,13-/m1/s1. The van der Waals surface area contributed by atoms with Crippen LogP contribution >= 0.6 is 0 Å². The molecule has 1 heterocycles. The fraction of sp³-hybridized carbons (Fsp3) is 0.500. The van der Waals surface area contributed by atoms with Crippen LogP contribution in [0.4, 0.5) is 0 Å². The lowest BCUT2D eigenvalue weighted by Gasteiger charge is -2.20. The maximum atomic E-state index is 11.7. The van der Waals surface area contributed by atoms with E-state index in [0.29, 0.717) is 18.2 Å². The number of benzene rings is 1. The zero-order chi connectivity index (χ0) is 12.8. The van der Waals surface area contributed by atoms with Gasteiger partial charge in [-0.3, -0.25) is 0 Å². The molecule has 0 spiro atoms. The average molecular weight is 250 g/mol. The Morgan fingerprint density at radius 2 is 2.17 bits per heavy atom. The van der Waals surface area contributed by atoms with Crippen LogP contribution in [-0.4, -0.2) is 30.3 Å². The third-order valence-electron chi connectivity index (χ3n) is 3.31. The van der Waals surface area contributed by atoms with Gasteiger partial charge in [0.15, 0.2) is 6.10 Å². The number of nitrogens with two attached hydrogens (primary N) is 1. The molecule has 1 saturated heterocycles. The van der Waals surface area contributed by atoms with Gasteiger partial charge in [-0.15, -0.1) is 0 Å². The Kier molecular flexibility index (Phi) is 4.73. The number of esters is 1. The van der Waals surface area contributed by atoms with Gasteiger partial charge in [-0.25, -0.2) is 4.79 Å². The molecule has 1 aromatic carbocycles. The number of rotatable bonds is 4. The largest absolute Gasteiger partial charge is 0.457 e. The summed E-state index contributed by atoms with van der Waals surface area (Å²) in [6, 6.07) is 9.22. The van der Waals surface area contributed by atoms with Crippen molar-refractivity contribution in [3.63, 3.8) is 0 Å².